The van der Waals surface area contributed by atoms with Gasteiger partial charge in [0, 0.05) is 28.4 Å². The van der Waals surface area contributed by atoms with Crippen molar-refractivity contribution in [3.63, 3.8) is 0 Å². The first kappa shape index (κ1) is 14.2. The average Bonchev–Trinajstić information content (AvgIpc) is 2.77. The molecule has 1 fully saturated rings. The zero-order valence-electron chi connectivity index (χ0n) is 10.6. The smallest absolute Gasteiger partial charge is 0.129 e. The molecular weight excluding hydrogens is 269 g/mol. The maximum absolute atomic E-state index is 13.6. The summed E-state index contributed by atoms with van der Waals surface area (Å²) in [7, 11) is 0. The molecule has 18 heavy (non-hydrogen) atoms. The van der Waals surface area contributed by atoms with Crippen molar-refractivity contribution in [1.29, 1.82) is 0 Å². The van der Waals surface area contributed by atoms with Crippen molar-refractivity contribution in [2.75, 3.05) is 5.75 Å². The van der Waals surface area contributed by atoms with Gasteiger partial charge in [-0.25, -0.2) is 4.39 Å². The lowest BCUT2D eigenvalue weighted by molar-refractivity contribution is 0.515. The molecule has 1 N–H and O–H groups in total. The van der Waals surface area contributed by atoms with Crippen molar-refractivity contribution in [2.24, 2.45) is 0 Å². The molecule has 0 aliphatic heterocycles. The van der Waals surface area contributed by atoms with Crippen molar-refractivity contribution in [3.8, 4) is 0 Å². The molecular formula is C14H19ClFNS. The molecule has 1 aliphatic rings. The summed E-state index contributed by atoms with van der Waals surface area (Å²) in [5, 5.41) is 4.65. The SMILES string of the molecule is CCSC1CCCC1NCc1c(F)cccc1Cl. The Hall–Kier alpha value is -0.250. The van der Waals surface area contributed by atoms with E-state index in [0.717, 1.165) is 5.75 Å². The van der Waals surface area contributed by atoms with Crippen LogP contribution in [0, 0.1) is 5.82 Å². The third kappa shape index (κ3) is 3.40. The Morgan fingerprint density at radius 1 is 1.44 bits per heavy atom. The van der Waals surface area contributed by atoms with Crippen LogP contribution in [-0.2, 0) is 6.54 Å². The molecule has 0 amide bonds. The number of nitrogens with one attached hydrogen (secondary N) is 1. The number of benzene rings is 1. The van der Waals surface area contributed by atoms with Crippen molar-refractivity contribution in [1.82, 2.24) is 5.32 Å². The highest BCUT2D eigenvalue weighted by atomic mass is 35.5. The maximum Gasteiger partial charge on any atom is 0.129 e. The van der Waals surface area contributed by atoms with Crippen molar-refractivity contribution in [3.05, 3.63) is 34.6 Å². The largest absolute Gasteiger partial charge is 0.309 e. The molecule has 0 aromatic heterocycles. The maximum atomic E-state index is 13.6. The topological polar surface area (TPSA) is 12.0 Å². The second kappa shape index (κ2) is 6.78. The third-order valence-electron chi connectivity index (χ3n) is 3.44. The Morgan fingerprint density at radius 2 is 2.28 bits per heavy atom. The standard InChI is InChI=1S/C14H19ClFNS/c1-2-18-14-8-4-7-13(14)17-9-10-11(15)5-3-6-12(10)16/h3,5-6,13-14,17H,2,4,7-9H2,1H3. The Kier molecular flexibility index (Phi) is 5.34. The summed E-state index contributed by atoms with van der Waals surface area (Å²) < 4.78 is 13.6. The molecule has 1 nitrogen and oxygen atoms in total. The van der Waals surface area contributed by atoms with E-state index < -0.39 is 0 Å². The van der Waals surface area contributed by atoms with Gasteiger partial charge in [0.2, 0.25) is 0 Å². The lowest BCUT2D eigenvalue weighted by Gasteiger charge is -2.20. The second-order valence-corrected chi connectivity index (χ2v) is 6.54. The van der Waals surface area contributed by atoms with Crippen molar-refractivity contribution >= 4 is 23.4 Å². The van der Waals surface area contributed by atoms with E-state index >= 15 is 0 Å². The van der Waals surface area contributed by atoms with Gasteiger partial charge in [-0.2, -0.15) is 11.8 Å². The van der Waals surface area contributed by atoms with Crippen LogP contribution in [0.4, 0.5) is 4.39 Å². The quantitative estimate of drug-likeness (QED) is 0.869. The molecule has 1 aromatic rings. The van der Waals surface area contributed by atoms with Crippen molar-refractivity contribution < 1.29 is 4.39 Å². The highest BCUT2D eigenvalue weighted by molar-refractivity contribution is 7.99. The minimum absolute atomic E-state index is 0.215. The zero-order chi connectivity index (χ0) is 13.0. The third-order valence-corrected chi connectivity index (χ3v) is 5.12. The van der Waals surface area contributed by atoms with E-state index in [1.807, 2.05) is 11.8 Å². The molecule has 2 unspecified atom stereocenters. The van der Waals surface area contributed by atoms with Crippen LogP contribution in [0.15, 0.2) is 18.2 Å². The molecule has 0 saturated heterocycles. The first-order valence-corrected chi connectivity index (χ1v) is 7.93. The van der Waals surface area contributed by atoms with Gasteiger partial charge < -0.3 is 5.32 Å². The normalized spacial score (nSPS) is 23.5. The van der Waals surface area contributed by atoms with E-state index in [1.54, 1.807) is 12.1 Å². The van der Waals surface area contributed by atoms with Crippen LogP contribution in [0.3, 0.4) is 0 Å². The van der Waals surface area contributed by atoms with E-state index in [1.165, 1.54) is 25.3 Å². The van der Waals surface area contributed by atoms with Gasteiger partial charge in [-0.3, -0.25) is 0 Å². The Labute approximate surface area is 117 Å². The van der Waals surface area contributed by atoms with E-state index in [9.17, 15) is 4.39 Å². The highest BCUT2D eigenvalue weighted by Gasteiger charge is 2.26. The van der Waals surface area contributed by atoms with E-state index in [-0.39, 0.29) is 5.82 Å². The Bertz CT molecular complexity index is 379. The molecule has 100 valence electrons. The minimum Gasteiger partial charge on any atom is -0.309 e. The van der Waals surface area contributed by atoms with E-state index in [0.29, 0.717) is 28.4 Å². The number of halogens is 2. The molecule has 1 aliphatic carbocycles. The Morgan fingerprint density at radius 3 is 3.00 bits per heavy atom. The van der Waals surface area contributed by atoms with Crippen LogP contribution in [0.5, 0.6) is 0 Å². The van der Waals surface area contributed by atoms with Crippen LogP contribution in [0.1, 0.15) is 31.7 Å². The lowest BCUT2D eigenvalue weighted by atomic mass is 10.2. The predicted octanol–water partition coefficient (Wildman–Crippen LogP) is 4.24. The highest BCUT2D eigenvalue weighted by Crippen LogP contribution is 2.30. The predicted molar refractivity (Wildman–Crippen MR) is 77.8 cm³/mol. The molecule has 0 spiro atoms. The van der Waals surface area contributed by atoms with Crippen molar-refractivity contribution in [2.45, 2.75) is 44.0 Å². The fourth-order valence-corrected chi connectivity index (χ4v) is 3.96. The molecule has 0 heterocycles. The van der Waals surface area contributed by atoms with Gasteiger partial charge in [0.25, 0.3) is 0 Å². The van der Waals surface area contributed by atoms with Gasteiger partial charge in [-0.05, 0) is 30.7 Å². The number of thioether (sulfide) groups is 1. The summed E-state index contributed by atoms with van der Waals surface area (Å²) in [4.78, 5) is 0. The summed E-state index contributed by atoms with van der Waals surface area (Å²) in [6, 6.07) is 5.35. The van der Waals surface area contributed by atoms with E-state index in [4.69, 9.17) is 11.6 Å². The fraction of sp³-hybridized carbons (Fsp3) is 0.571. The summed E-state index contributed by atoms with van der Waals surface area (Å²) in [5.41, 5.74) is 0.589. The number of rotatable bonds is 5. The molecule has 0 radical (unpaired) electrons. The zero-order valence-corrected chi connectivity index (χ0v) is 12.2. The van der Waals surface area contributed by atoms with Crippen LogP contribution in [-0.4, -0.2) is 17.0 Å². The Balaban J connectivity index is 1.95. The minimum atomic E-state index is -0.215. The van der Waals surface area contributed by atoms with Gasteiger partial charge in [0.15, 0.2) is 0 Å². The van der Waals surface area contributed by atoms with E-state index in [2.05, 4.69) is 12.2 Å². The van der Waals surface area contributed by atoms with Crippen LogP contribution in [0.2, 0.25) is 5.02 Å². The molecule has 0 bridgehead atoms. The van der Waals surface area contributed by atoms with Gasteiger partial charge in [0.1, 0.15) is 5.82 Å². The molecule has 1 aromatic carbocycles. The van der Waals surface area contributed by atoms with Gasteiger partial charge in [0.05, 0.1) is 0 Å². The summed E-state index contributed by atoms with van der Waals surface area (Å²) in [6.07, 6.45) is 3.71. The first-order chi connectivity index (χ1) is 8.72. The van der Waals surface area contributed by atoms with Crippen LogP contribution >= 0.6 is 23.4 Å². The van der Waals surface area contributed by atoms with Gasteiger partial charge >= 0.3 is 0 Å². The van der Waals surface area contributed by atoms with Gasteiger partial charge in [-0.1, -0.05) is 31.0 Å². The summed E-state index contributed by atoms with van der Waals surface area (Å²) in [5.74, 6) is 0.927. The number of hydrogen-bond acceptors (Lipinski definition) is 2. The average molecular weight is 288 g/mol. The molecule has 2 atom stereocenters. The lowest BCUT2D eigenvalue weighted by Crippen LogP contribution is -2.34. The monoisotopic (exact) mass is 287 g/mol. The number of hydrogen-bond donors (Lipinski definition) is 1. The van der Waals surface area contributed by atoms with Gasteiger partial charge in [-0.15, -0.1) is 0 Å². The second-order valence-electron chi connectivity index (χ2n) is 4.61. The fourth-order valence-electron chi connectivity index (χ4n) is 2.51. The summed E-state index contributed by atoms with van der Waals surface area (Å²) in [6.45, 7) is 2.71. The van der Waals surface area contributed by atoms with Crippen LogP contribution in [0.25, 0.3) is 0 Å². The molecule has 2 rings (SSSR count). The molecule has 1 saturated carbocycles. The summed E-state index contributed by atoms with van der Waals surface area (Å²) >= 11 is 8.03. The first-order valence-electron chi connectivity index (χ1n) is 6.50. The molecule has 4 heteroatoms. The van der Waals surface area contributed by atoms with Crippen LogP contribution < -0.4 is 5.32 Å².